The molecule has 0 saturated carbocycles. The summed E-state index contributed by atoms with van der Waals surface area (Å²) in [5, 5.41) is 12.9. The normalized spacial score (nSPS) is 23.5. The molecule has 2 atom stereocenters. The van der Waals surface area contributed by atoms with Crippen LogP contribution in [0.25, 0.3) is 0 Å². The van der Waals surface area contributed by atoms with E-state index in [1.54, 1.807) is 29.2 Å². The van der Waals surface area contributed by atoms with Gasteiger partial charge < -0.3 is 15.2 Å². The molecular formula is C22H23N3O5. The highest BCUT2D eigenvalue weighted by Gasteiger charge is 2.54. The van der Waals surface area contributed by atoms with E-state index < -0.39 is 35.6 Å². The molecule has 2 aromatic carbocycles. The fourth-order valence-corrected chi connectivity index (χ4v) is 4.24. The molecule has 0 aliphatic carbocycles. The van der Waals surface area contributed by atoms with E-state index in [1.165, 1.54) is 7.11 Å². The molecule has 0 radical (unpaired) electrons. The molecule has 156 valence electrons. The quantitative estimate of drug-likeness (QED) is 0.566. The van der Waals surface area contributed by atoms with Gasteiger partial charge >= 0.3 is 12.0 Å². The largest absolute Gasteiger partial charge is 0.468 e. The Morgan fingerprint density at radius 3 is 2.20 bits per heavy atom. The van der Waals surface area contributed by atoms with Crippen LogP contribution < -0.4 is 5.32 Å². The number of carbonyl (C=O) groups excluding carboxylic acids is 3. The molecule has 4 rings (SSSR count). The van der Waals surface area contributed by atoms with Gasteiger partial charge in [0, 0.05) is 13.0 Å². The number of methoxy groups -OCH3 is 1. The fraction of sp³-hybridized carbons (Fsp3) is 0.318. The number of esters is 1. The van der Waals surface area contributed by atoms with Crippen LogP contribution in [-0.4, -0.2) is 65.3 Å². The zero-order valence-electron chi connectivity index (χ0n) is 16.5. The van der Waals surface area contributed by atoms with Gasteiger partial charge in [0.25, 0.3) is 5.91 Å². The van der Waals surface area contributed by atoms with E-state index in [2.05, 4.69) is 5.32 Å². The highest BCUT2D eigenvalue weighted by molar-refractivity contribution is 6.09. The first kappa shape index (κ1) is 20.1. The molecule has 2 fully saturated rings. The summed E-state index contributed by atoms with van der Waals surface area (Å²) >= 11 is 0. The fourth-order valence-electron chi connectivity index (χ4n) is 4.24. The van der Waals surface area contributed by atoms with Crippen molar-refractivity contribution in [2.45, 2.75) is 24.1 Å². The van der Waals surface area contributed by atoms with E-state index in [9.17, 15) is 19.5 Å². The summed E-state index contributed by atoms with van der Waals surface area (Å²) in [6.07, 6.45) is -0.540. The van der Waals surface area contributed by atoms with Gasteiger partial charge in [-0.1, -0.05) is 60.7 Å². The van der Waals surface area contributed by atoms with Crippen molar-refractivity contribution in [3.63, 3.8) is 0 Å². The third kappa shape index (κ3) is 3.24. The maximum Gasteiger partial charge on any atom is 0.326 e. The Labute approximate surface area is 174 Å². The van der Waals surface area contributed by atoms with Crippen molar-refractivity contribution in [1.82, 2.24) is 15.1 Å². The topological polar surface area (TPSA) is 99.2 Å². The SMILES string of the molecule is COC(=O)[C@@H]1C[C@@H](O)CN1CN1C(=O)NC(c2ccccc2)(c2ccccc2)C1=O. The Kier molecular flexibility index (Phi) is 5.27. The zero-order valence-corrected chi connectivity index (χ0v) is 16.5. The second-order valence-corrected chi connectivity index (χ2v) is 7.49. The number of benzene rings is 2. The number of aliphatic hydroxyl groups is 1. The van der Waals surface area contributed by atoms with Gasteiger partial charge in [0.15, 0.2) is 5.54 Å². The summed E-state index contributed by atoms with van der Waals surface area (Å²) in [5.74, 6) is -0.939. The van der Waals surface area contributed by atoms with Crippen LogP contribution in [0.5, 0.6) is 0 Å². The van der Waals surface area contributed by atoms with E-state index in [1.807, 2.05) is 36.4 Å². The van der Waals surface area contributed by atoms with Crippen LogP contribution in [0.3, 0.4) is 0 Å². The van der Waals surface area contributed by atoms with Crippen molar-refractivity contribution in [2.75, 3.05) is 20.3 Å². The molecule has 3 amide bonds. The predicted molar refractivity (Wildman–Crippen MR) is 107 cm³/mol. The highest BCUT2D eigenvalue weighted by atomic mass is 16.5. The van der Waals surface area contributed by atoms with Crippen LogP contribution >= 0.6 is 0 Å². The van der Waals surface area contributed by atoms with Crippen molar-refractivity contribution in [2.24, 2.45) is 0 Å². The lowest BCUT2D eigenvalue weighted by Gasteiger charge is -2.29. The summed E-state index contributed by atoms with van der Waals surface area (Å²) in [6, 6.07) is 16.8. The number of likely N-dealkylation sites (tertiary alicyclic amines) is 1. The van der Waals surface area contributed by atoms with Crippen LogP contribution in [0.1, 0.15) is 17.5 Å². The predicted octanol–water partition coefficient (Wildman–Crippen LogP) is 1.05. The maximum atomic E-state index is 13.7. The first-order valence-corrected chi connectivity index (χ1v) is 9.72. The monoisotopic (exact) mass is 409 g/mol. The summed E-state index contributed by atoms with van der Waals surface area (Å²) in [7, 11) is 1.27. The third-order valence-corrected chi connectivity index (χ3v) is 5.70. The first-order valence-electron chi connectivity index (χ1n) is 9.72. The van der Waals surface area contributed by atoms with E-state index >= 15 is 0 Å². The average Bonchev–Trinajstić information content (AvgIpc) is 3.27. The van der Waals surface area contributed by atoms with E-state index in [4.69, 9.17) is 4.74 Å². The number of nitrogens with one attached hydrogen (secondary N) is 1. The van der Waals surface area contributed by atoms with E-state index in [-0.39, 0.29) is 19.6 Å². The van der Waals surface area contributed by atoms with Gasteiger partial charge in [0.05, 0.1) is 19.9 Å². The van der Waals surface area contributed by atoms with Crippen molar-refractivity contribution in [1.29, 1.82) is 0 Å². The van der Waals surface area contributed by atoms with Gasteiger partial charge in [-0.05, 0) is 11.1 Å². The Hall–Kier alpha value is -3.23. The molecule has 2 heterocycles. The number of ether oxygens (including phenoxy) is 1. The first-order chi connectivity index (χ1) is 14.5. The molecule has 0 aromatic heterocycles. The lowest BCUT2D eigenvalue weighted by atomic mass is 9.83. The van der Waals surface area contributed by atoms with Crippen molar-refractivity contribution >= 4 is 17.9 Å². The second-order valence-electron chi connectivity index (χ2n) is 7.49. The van der Waals surface area contributed by atoms with Crippen LogP contribution in [0.4, 0.5) is 4.79 Å². The van der Waals surface area contributed by atoms with Gasteiger partial charge in [-0.25, -0.2) is 9.69 Å². The molecule has 0 bridgehead atoms. The smallest absolute Gasteiger partial charge is 0.326 e. The minimum absolute atomic E-state index is 0.122. The van der Waals surface area contributed by atoms with Gasteiger partial charge in [-0.3, -0.25) is 14.5 Å². The van der Waals surface area contributed by atoms with Gasteiger partial charge in [0.1, 0.15) is 6.04 Å². The Morgan fingerprint density at radius 2 is 1.67 bits per heavy atom. The molecule has 8 heteroatoms. The third-order valence-electron chi connectivity index (χ3n) is 5.70. The van der Waals surface area contributed by atoms with Crippen molar-refractivity contribution in [3.05, 3.63) is 71.8 Å². The summed E-state index contributed by atoms with van der Waals surface area (Å²) in [4.78, 5) is 41.4. The number of urea groups is 1. The standard InChI is InChI=1S/C22H23N3O5/c1-30-19(27)18-12-17(26)13-24(18)14-25-20(28)22(23-21(25)29,15-8-4-2-5-9-15)16-10-6-3-7-11-16/h2-11,17-18,26H,12-14H2,1H3,(H,23,29)/t17-,18+/m1/s1. The number of aliphatic hydroxyl groups excluding tert-OH is 1. The van der Waals surface area contributed by atoms with Gasteiger partial charge in [-0.2, -0.15) is 0 Å². The van der Waals surface area contributed by atoms with E-state index in [0.717, 1.165) is 4.90 Å². The summed E-state index contributed by atoms with van der Waals surface area (Å²) < 4.78 is 4.81. The maximum absolute atomic E-state index is 13.7. The van der Waals surface area contributed by atoms with Crippen LogP contribution in [0, 0.1) is 0 Å². The number of β-amino-alcohol motifs (C(OH)–C–C–N with tert-alkyl or cyclic N) is 1. The average molecular weight is 409 g/mol. The van der Waals surface area contributed by atoms with Crippen LogP contribution in [0.15, 0.2) is 60.7 Å². The Morgan fingerprint density at radius 1 is 1.10 bits per heavy atom. The molecule has 30 heavy (non-hydrogen) atoms. The van der Waals surface area contributed by atoms with Crippen molar-refractivity contribution < 1.29 is 24.2 Å². The molecule has 0 spiro atoms. The Bertz CT molecular complexity index is 910. The number of imide groups is 1. The summed E-state index contributed by atoms with van der Waals surface area (Å²) in [6.45, 7) is 0.0451. The Balaban J connectivity index is 1.70. The van der Waals surface area contributed by atoms with Crippen LogP contribution in [0.2, 0.25) is 0 Å². The van der Waals surface area contributed by atoms with Gasteiger partial charge in [0.2, 0.25) is 0 Å². The molecule has 0 unspecified atom stereocenters. The zero-order chi connectivity index (χ0) is 21.3. The molecule has 2 aliphatic rings. The number of hydrogen-bond donors (Lipinski definition) is 2. The lowest BCUT2D eigenvalue weighted by molar-refractivity contribution is -0.147. The van der Waals surface area contributed by atoms with Crippen LogP contribution in [-0.2, 0) is 19.9 Å². The second kappa shape index (κ2) is 7.89. The van der Waals surface area contributed by atoms with Gasteiger partial charge in [-0.15, -0.1) is 0 Å². The number of amides is 3. The van der Waals surface area contributed by atoms with Crippen molar-refractivity contribution in [3.8, 4) is 0 Å². The molecule has 2 aromatic rings. The highest BCUT2D eigenvalue weighted by Crippen LogP contribution is 2.36. The minimum Gasteiger partial charge on any atom is -0.468 e. The lowest BCUT2D eigenvalue weighted by Crippen LogP contribution is -2.48. The summed E-state index contributed by atoms with van der Waals surface area (Å²) in [5.41, 5.74) is -0.0790. The molecule has 2 saturated heterocycles. The molecular weight excluding hydrogens is 386 g/mol. The molecule has 2 N–H and O–H groups in total. The molecule has 8 nitrogen and oxygen atoms in total. The number of rotatable bonds is 5. The number of nitrogens with zero attached hydrogens (tertiary/aromatic N) is 2. The van der Waals surface area contributed by atoms with E-state index in [0.29, 0.717) is 11.1 Å². The molecule has 2 aliphatic heterocycles. The number of carbonyl (C=O) groups is 3. The minimum atomic E-state index is -1.36. The number of hydrogen-bond acceptors (Lipinski definition) is 6.